The Labute approximate surface area is 145 Å². The lowest BCUT2D eigenvalue weighted by molar-refractivity contribution is 0.122. The van der Waals surface area contributed by atoms with Gasteiger partial charge in [0.1, 0.15) is 17.7 Å². The van der Waals surface area contributed by atoms with Crippen LogP contribution in [0.4, 0.5) is 15.0 Å². The number of rotatable bonds is 1. The summed E-state index contributed by atoms with van der Waals surface area (Å²) in [5, 5.41) is 9.90. The van der Waals surface area contributed by atoms with E-state index >= 15 is 0 Å². The van der Waals surface area contributed by atoms with Gasteiger partial charge in [0.15, 0.2) is 5.82 Å². The predicted molar refractivity (Wildman–Crippen MR) is 88.6 cm³/mol. The molecule has 0 saturated carbocycles. The largest absolute Gasteiger partial charge is 0.465 e. The fraction of sp³-hybridized carbons (Fsp3) is 0.357. The van der Waals surface area contributed by atoms with Crippen LogP contribution in [0.3, 0.4) is 0 Å². The molecular formula is C14H13BrClFN4O2. The van der Waals surface area contributed by atoms with Crippen LogP contribution in [0.5, 0.6) is 0 Å². The molecule has 1 amide bonds. The van der Waals surface area contributed by atoms with Crippen molar-refractivity contribution in [3.05, 3.63) is 27.7 Å². The van der Waals surface area contributed by atoms with E-state index in [2.05, 4.69) is 25.9 Å². The van der Waals surface area contributed by atoms with E-state index in [4.69, 9.17) is 16.7 Å². The van der Waals surface area contributed by atoms with Gasteiger partial charge in [-0.2, -0.15) is 0 Å². The number of piperazine rings is 1. The first kappa shape index (κ1) is 16.2. The number of carboxylic acid groups (broad SMARTS) is 1. The Morgan fingerprint density at radius 1 is 1.48 bits per heavy atom. The fourth-order valence-electron chi connectivity index (χ4n) is 2.78. The number of benzene rings is 1. The normalized spacial score (nSPS) is 18.5. The topological polar surface area (TPSA) is 69.6 Å². The molecule has 2 heterocycles. The van der Waals surface area contributed by atoms with Gasteiger partial charge < -0.3 is 14.9 Å². The molecule has 1 unspecified atom stereocenters. The van der Waals surface area contributed by atoms with Crippen molar-refractivity contribution in [1.82, 2.24) is 14.9 Å². The van der Waals surface area contributed by atoms with E-state index in [1.54, 1.807) is 6.07 Å². The standard InChI is InChI=1S/C14H13BrClFN4O2/c1-7-5-20(2-3-21(7)14(22)23)13-8-4-9(16)10(15)11(17)12(8)18-6-19-13/h4,6-7H,2-3,5H2,1H3,(H,22,23). The summed E-state index contributed by atoms with van der Waals surface area (Å²) in [6.07, 6.45) is 0.359. The van der Waals surface area contributed by atoms with Crippen molar-refractivity contribution < 1.29 is 14.3 Å². The van der Waals surface area contributed by atoms with Crippen molar-refractivity contribution >= 4 is 50.3 Å². The molecule has 0 aliphatic carbocycles. The fourth-order valence-corrected chi connectivity index (χ4v) is 3.27. The molecule has 0 bridgehead atoms. The van der Waals surface area contributed by atoms with Gasteiger partial charge in [0.05, 0.1) is 9.50 Å². The Hall–Kier alpha value is -1.67. The minimum absolute atomic E-state index is 0.167. The lowest BCUT2D eigenvalue weighted by Crippen LogP contribution is -2.54. The van der Waals surface area contributed by atoms with Crippen LogP contribution in [-0.4, -0.2) is 51.7 Å². The SMILES string of the molecule is CC1CN(c2ncnc3c(F)c(Br)c(Cl)cc23)CCN1C(=O)O. The molecule has 1 aromatic heterocycles. The molecule has 0 radical (unpaired) electrons. The minimum atomic E-state index is -0.942. The Morgan fingerprint density at radius 2 is 2.22 bits per heavy atom. The summed E-state index contributed by atoms with van der Waals surface area (Å²) in [4.78, 5) is 22.7. The maximum atomic E-state index is 14.3. The minimum Gasteiger partial charge on any atom is -0.465 e. The summed E-state index contributed by atoms with van der Waals surface area (Å²) in [6.45, 7) is 3.12. The second kappa shape index (κ2) is 6.09. The molecule has 3 rings (SSSR count). The number of anilines is 1. The molecule has 1 saturated heterocycles. The van der Waals surface area contributed by atoms with E-state index < -0.39 is 11.9 Å². The van der Waals surface area contributed by atoms with Crippen molar-refractivity contribution in [3.63, 3.8) is 0 Å². The lowest BCUT2D eigenvalue weighted by Gasteiger charge is -2.39. The first-order chi connectivity index (χ1) is 10.9. The third-order valence-electron chi connectivity index (χ3n) is 3.92. The van der Waals surface area contributed by atoms with Gasteiger partial charge in [-0.25, -0.2) is 19.2 Å². The van der Waals surface area contributed by atoms with Crippen LogP contribution in [0, 0.1) is 5.82 Å². The Kier molecular flexibility index (Phi) is 4.29. The predicted octanol–water partition coefficient (Wildman–Crippen LogP) is 3.37. The van der Waals surface area contributed by atoms with Gasteiger partial charge in [-0.3, -0.25) is 0 Å². The van der Waals surface area contributed by atoms with E-state index in [9.17, 15) is 9.18 Å². The van der Waals surface area contributed by atoms with Gasteiger partial charge in [0.25, 0.3) is 0 Å². The van der Waals surface area contributed by atoms with Crippen molar-refractivity contribution in [1.29, 1.82) is 0 Å². The highest BCUT2D eigenvalue weighted by Gasteiger charge is 2.29. The quantitative estimate of drug-likeness (QED) is 0.739. The van der Waals surface area contributed by atoms with Gasteiger partial charge in [-0.05, 0) is 28.9 Å². The number of halogens is 3. The Bertz CT molecular complexity index is 791. The van der Waals surface area contributed by atoms with Gasteiger partial charge in [0, 0.05) is 31.1 Å². The first-order valence-electron chi connectivity index (χ1n) is 6.93. The van der Waals surface area contributed by atoms with E-state index in [1.165, 1.54) is 11.2 Å². The molecule has 1 atom stereocenters. The summed E-state index contributed by atoms with van der Waals surface area (Å²) in [5.74, 6) is 0.0218. The zero-order valence-corrected chi connectivity index (χ0v) is 14.5. The number of hydrogen-bond donors (Lipinski definition) is 1. The van der Waals surface area contributed by atoms with Crippen molar-refractivity contribution in [3.8, 4) is 0 Å². The van der Waals surface area contributed by atoms with Gasteiger partial charge in [-0.15, -0.1) is 0 Å². The second-order valence-corrected chi connectivity index (χ2v) is 6.55. The zero-order valence-electron chi connectivity index (χ0n) is 12.1. The number of aromatic nitrogens is 2. The number of carbonyl (C=O) groups is 1. The zero-order chi connectivity index (χ0) is 16.7. The molecule has 1 aliphatic heterocycles. The van der Waals surface area contributed by atoms with Crippen LogP contribution in [0.25, 0.3) is 10.9 Å². The molecule has 1 aliphatic rings. The van der Waals surface area contributed by atoms with Gasteiger partial charge in [0.2, 0.25) is 0 Å². The van der Waals surface area contributed by atoms with E-state index in [0.717, 1.165) is 0 Å². The van der Waals surface area contributed by atoms with Crippen molar-refractivity contribution in [2.24, 2.45) is 0 Å². The Morgan fingerprint density at radius 3 is 2.87 bits per heavy atom. The summed E-state index contributed by atoms with van der Waals surface area (Å²) >= 11 is 9.15. The average Bonchev–Trinajstić information content (AvgIpc) is 2.52. The monoisotopic (exact) mass is 402 g/mol. The third kappa shape index (κ3) is 2.81. The van der Waals surface area contributed by atoms with Gasteiger partial charge in [-0.1, -0.05) is 11.6 Å². The van der Waals surface area contributed by atoms with Crippen LogP contribution in [0.2, 0.25) is 5.02 Å². The summed E-state index contributed by atoms with van der Waals surface area (Å²) in [6, 6.07) is 1.43. The molecule has 1 N–H and O–H groups in total. The Balaban J connectivity index is 2.03. The molecule has 23 heavy (non-hydrogen) atoms. The maximum absolute atomic E-state index is 14.3. The molecule has 2 aromatic rings. The molecule has 1 fully saturated rings. The second-order valence-electron chi connectivity index (χ2n) is 5.35. The van der Waals surface area contributed by atoms with E-state index in [0.29, 0.717) is 30.8 Å². The third-order valence-corrected chi connectivity index (χ3v) is 5.22. The average molecular weight is 404 g/mol. The number of hydrogen-bond acceptors (Lipinski definition) is 4. The smallest absolute Gasteiger partial charge is 0.407 e. The van der Waals surface area contributed by atoms with E-state index in [1.807, 2.05) is 11.8 Å². The number of amides is 1. The molecule has 6 nitrogen and oxygen atoms in total. The number of nitrogens with zero attached hydrogens (tertiary/aromatic N) is 4. The molecule has 9 heteroatoms. The summed E-state index contributed by atoms with van der Waals surface area (Å²) < 4.78 is 14.5. The van der Waals surface area contributed by atoms with Crippen LogP contribution in [-0.2, 0) is 0 Å². The lowest BCUT2D eigenvalue weighted by atomic mass is 10.1. The molecule has 0 spiro atoms. The van der Waals surface area contributed by atoms with Crippen LogP contribution in [0.1, 0.15) is 6.92 Å². The summed E-state index contributed by atoms with van der Waals surface area (Å²) in [5.41, 5.74) is 0.180. The van der Waals surface area contributed by atoms with Crippen molar-refractivity contribution in [2.75, 3.05) is 24.5 Å². The highest BCUT2D eigenvalue weighted by atomic mass is 79.9. The molecule has 1 aromatic carbocycles. The highest BCUT2D eigenvalue weighted by Crippen LogP contribution is 2.35. The van der Waals surface area contributed by atoms with Crippen LogP contribution in [0.15, 0.2) is 16.9 Å². The summed E-state index contributed by atoms with van der Waals surface area (Å²) in [7, 11) is 0. The van der Waals surface area contributed by atoms with Gasteiger partial charge >= 0.3 is 6.09 Å². The number of fused-ring (bicyclic) bond motifs is 1. The first-order valence-corrected chi connectivity index (χ1v) is 8.10. The maximum Gasteiger partial charge on any atom is 0.407 e. The van der Waals surface area contributed by atoms with Crippen LogP contribution < -0.4 is 4.90 Å². The van der Waals surface area contributed by atoms with Crippen LogP contribution >= 0.6 is 27.5 Å². The molecule has 122 valence electrons. The highest BCUT2D eigenvalue weighted by molar-refractivity contribution is 9.10. The van der Waals surface area contributed by atoms with E-state index in [-0.39, 0.29) is 21.1 Å². The van der Waals surface area contributed by atoms with Crippen molar-refractivity contribution in [2.45, 2.75) is 13.0 Å². The molecular weight excluding hydrogens is 391 g/mol.